The highest BCUT2D eigenvalue weighted by Gasteiger charge is 2.23. The lowest BCUT2D eigenvalue weighted by molar-refractivity contribution is -0.130. The molecular formula is C24H29N5O2S. The Morgan fingerprint density at radius 1 is 1.00 bits per heavy atom. The van der Waals surface area contributed by atoms with Crippen LogP contribution in [0.4, 0.5) is 5.69 Å². The van der Waals surface area contributed by atoms with Crippen LogP contribution in [-0.2, 0) is 16.6 Å². The molecule has 0 radical (unpaired) electrons. The highest BCUT2D eigenvalue weighted by atomic mass is 32.2. The van der Waals surface area contributed by atoms with Crippen LogP contribution in [0, 0.1) is 13.8 Å². The summed E-state index contributed by atoms with van der Waals surface area (Å²) in [5, 5.41) is 3.89. The number of hydrogen-bond acceptors (Lipinski definition) is 5. The van der Waals surface area contributed by atoms with E-state index in [0.29, 0.717) is 38.5 Å². The minimum Gasteiger partial charge on any atom is -0.339 e. The number of carbonyl (C=O) groups is 2. The first-order valence-electron chi connectivity index (χ1n) is 10.8. The van der Waals surface area contributed by atoms with Crippen molar-refractivity contribution in [2.75, 3.05) is 43.8 Å². The molecule has 4 rings (SSSR count). The van der Waals surface area contributed by atoms with Crippen LogP contribution in [0.25, 0.3) is 11.0 Å². The largest absolute Gasteiger partial charge is 0.339 e. The van der Waals surface area contributed by atoms with E-state index in [0.717, 1.165) is 33.0 Å². The molecule has 1 saturated heterocycles. The highest BCUT2D eigenvalue weighted by molar-refractivity contribution is 7.99. The van der Waals surface area contributed by atoms with E-state index in [-0.39, 0.29) is 11.8 Å². The van der Waals surface area contributed by atoms with Crippen LogP contribution in [0.2, 0.25) is 0 Å². The second-order valence-electron chi connectivity index (χ2n) is 8.20. The maximum absolute atomic E-state index is 12.7. The molecule has 7 nitrogen and oxygen atoms in total. The molecule has 2 heterocycles. The molecule has 0 unspecified atom stereocenters. The van der Waals surface area contributed by atoms with E-state index in [9.17, 15) is 9.59 Å². The van der Waals surface area contributed by atoms with E-state index in [1.54, 1.807) is 0 Å². The van der Waals surface area contributed by atoms with Gasteiger partial charge in [0.15, 0.2) is 5.16 Å². The van der Waals surface area contributed by atoms with Crippen LogP contribution in [-0.4, -0.2) is 69.6 Å². The van der Waals surface area contributed by atoms with Crippen molar-refractivity contribution in [1.29, 1.82) is 0 Å². The van der Waals surface area contributed by atoms with Crippen molar-refractivity contribution in [2.24, 2.45) is 7.05 Å². The lowest BCUT2D eigenvalue weighted by Gasteiger charge is -2.34. The van der Waals surface area contributed by atoms with Gasteiger partial charge in [0.1, 0.15) is 0 Å². The molecule has 1 N–H and O–H groups in total. The minimum atomic E-state index is -0.0143. The van der Waals surface area contributed by atoms with E-state index in [2.05, 4.69) is 15.2 Å². The van der Waals surface area contributed by atoms with Crippen molar-refractivity contribution in [2.45, 2.75) is 19.0 Å². The zero-order chi connectivity index (χ0) is 22.7. The van der Waals surface area contributed by atoms with E-state index in [4.69, 9.17) is 0 Å². The number of anilines is 1. The van der Waals surface area contributed by atoms with Gasteiger partial charge in [-0.05, 0) is 37.1 Å². The van der Waals surface area contributed by atoms with E-state index in [1.807, 2.05) is 72.8 Å². The summed E-state index contributed by atoms with van der Waals surface area (Å²) in [4.78, 5) is 33.8. The Morgan fingerprint density at radius 2 is 1.69 bits per heavy atom. The molecule has 1 aromatic heterocycles. The summed E-state index contributed by atoms with van der Waals surface area (Å²) in [5.41, 5.74) is 5.02. The number of amides is 2. The molecule has 1 aliphatic heterocycles. The third kappa shape index (κ3) is 4.97. The summed E-state index contributed by atoms with van der Waals surface area (Å²) in [6.07, 6.45) is 0. The Balaban J connectivity index is 1.24. The number of benzene rings is 2. The Labute approximate surface area is 192 Å². The number of imidazole rings is 1. The zero-order valence-corrected chi connectivity index (χ0v) is 19.6. The number of piperazine rings is 1. The average molecular weight is 452 g/mol. The number of hydrogen-bond donors (Lipinski definition) is 1. The predicted octanol–water partition coefficient (Wildman–Crippen LogP) is 3.07. The number of thioether (sulfide) groups is 1. The fourth-order valence-electron chi connectivity index (χ4n) is 4.02. The predicted molar refractivity (Wildman–Crippen MR) is 129 cm³/mol. The van der Waals surface area contributed by atoms with Gasteiger partial charge in [0.25, 0.3) is 0 Å². The van der Waals surface area contributed by atoms with Crippen molar-refractivity contribution in [3.8, 4) is 0 Å². The topological polar surface area (TPSA) is 70.5 Å². The van der Waals surface area contributed by atoms with Crippen molar-refractivity contribution < 1.29 is 9.59 Å². The number of fused-ring (bicyclic) bond motifs is 1. The van der Waals surface area contributed by atoms with Crippen LogP contribution < -0.4 is 5.32 Å². The molecule has 168 valence electrons. The Hall–Kier alpha value is -2.84. The molecule has 0 saturated carbocycles. The first kappa shape index (κ1) is 22.4. The molecule has 32 heavy (non-hydrogen) atoms. The van der Waals surface area contributed by atoms with Gasteiger partial charge in [0.2, 0.25) is 11.8 Å². The summed E-state index contributed by atoms with van der Waals surface area (Å²) in [6, 6.07) is 14.0. The number of nitrogens with one attached hydrogen (secondary N) is 1. The number of nitrogens with zero attached hydrogens (tertiary/aromatic N) is 4. The second-order valence-corrected chi connectivity index (χ2v) is 9.15. The number of aromatic nitrogens is 2. The highest BCUT2D eigenvalue weighted by Crippen LogP contribution is 2.23. The molecule has 0 aliphatic carbocycles. The van der Waals surface area contributed by atoms with Crippen LogP contribution in [0.1, 0.15) is 11.1 Å². The molecule has 0 bridgehead atoms. The first-order chi connectivity index (χ1) is 15.4. The van der Waals surface area contributed by atoms with Gasteiger partial charge in [0.05, 0.1) is 23.3 Å². The lowest BCUT2D eigenvalue weighted by Crippen LogP contribution is -2.51. The summed E-state index contributed by atoms with van der Waals surface area (Å²) in [5.74, 6) is 0.464. The summed E-state index contributed by atoms with van der Waals surface area (Å²) in [6.45, 7) is 7.00. The summed E-state index contributed by atoms with van der Waals surface area (Å²) in [7, 11) is 1.98. The SMILES string of the molecule is Cc1cccc(C)c1NC(=O)CN1CCN(C(=O)CSc2nc3ccccc3n2C)CC1. The summed E-state index contributed by atoms with van der Waals surface area (Å²) < 4.78 is 2.03. The average Bonchev–Trinajstić information content (AvgIpc) is 3.11. The van der Waals surface area contributed by atoms with Crippen molar-refractivity contribution >= 4 is 40.3 Å². The maximum atomic E-state index is 12.7. The van der Waals surface area contributed by atoms with E-state index < -0.39 is 0 Å². The Kier molecular flexibility index (Phi) is 6.81. The fraction of sp³-hybridized carbons (Fsp3) is 0.375. The maximum Gasteiger partial charge on any atom is 0.238 e. The number of para-hydroxylation sites is 3. The van der Waals surface area contributed by atoms with Crippen molar-refractivity contribution in [3.63, 3.8) is 0 Å². The van der Waals surface area contributed by atoms with Crippen LogP contribution >= 0.6 is 11.8 Å². The van der Waals surface area contributed by atoms with Gasteiger partial charge in [-0.25, -0.2) is 4.98 Å². The van der Waals surface area contributed by atoms with E-state index >= 15 is 0 Å². The van der Waals surface area contributed by atoms with Gasteiger partial charge in [-0.1, -0.05) is 42.1 Å². The molecule has 1 fully saturated rings. The van der Waals surface area contributed by atoms with Gasteiger partial charge in [-0.3, -0.25) is 14.5 Å². The molecule has 2 amide bonds. The molecule has 3 aromatic rings. The van der Waals surface area contributed by atoms with Gasteiger partial charge in [-0.15, -0.1) is 0 Å². The molecular weight excluding hydrogens is 422 g/mol. The normalized spacial score (nSPS) is 14.7. The zero-order valence-electron chi connectivity index (χ0n) is 18.8. The molecule has 8 heteroatoms. The third-order valence-electron chi connectivity index (χ3n) is 5.91. The lowest BCUT2D eigenvalue weighted by atomic mass is 10.1. The van der Waals surface area contributed by atoms with Gasteiger partial charge >= 0.3 is 0 Å². The monoisotopic (exact) mass is 451 g/mol. The minimum absolute atomic E-state index is 0.0143. The van der Waals surface area contributed by atoms with Crippen molar-refractivity contribution in [3.05, 3.63) is 53.6 Å². The Bertz CT molecular complexity index is 1110. The smallest absolute Gasteiger partial charge is 0.238 e. The van der Waals surface area contributed by atoms with Crippen LogP contribution in [0.3, 0.4) is 0 Å². The number of aryl methyl sites for hydroxylation is 3. The molecule has 1 aliphatic rings. The third-order valence-corrected chi connectivity index (χ3v) is 6.92. The van der Waals surface area contributed by atoms with Gasteiger partial charge < -0.3 is 14.8 Å². The first-order valence-corrected chi connectivity index (χ1v) is 11.8. The molecule has 0 atom stereocenters. The summed E-state index contributed by atoms with van der Waals surface area (Å²) >= 11 is 1.47. The Morgan fingerprint density at radius 3 is 2.38 bits per heavy atom. The number of rotatable bonds is 6. The molecule has 0 spiro atoms. The van der Waals surface area contributed by atoms with Gasteiger partial charge in [-0.2, -0.15) is 0 Å². The van der Waals surface area contributed by atoms with Crippen molar-refractivity contribution in [1.82, 2.24) is 19.4 Å². The quantitative estimate of drug-likeness (QED) is 0.584. The van der Waals surface area contributed by atoms with Gasteiger partial charge in [0, 0.05) is 38.9 Å². The fourth-order valence-corrected chi connectivity index (χ4v) is 4.91. The molecule has 2 aromatic carbocycles. The van der Waals surface area contributed by atoms with Crippen LogP contribution in [0.5, 0.6) is 0 Å². The van der Waals surface area contributed by atoms with Crippen LogP contribution in [0.15, 0.2) is 47.6 Å². The number of carbonyl (C=O) groups excluding carboxylic acids is 2. The standard InChI is InChI=1S/C24H29N5O2S/c1-17-7-6-8-18(2)23(17)26-21(30)15-28-11-13-29(14-12-28)22(31)16-32-24-25-19-9-4-5-10-20(19)27(24)3/h4-10H,11-16H2,1-3H3,(H,26,30). The second kappa shape index (κ2) is 9.75. The van der Waals surface area contributed by atoms with E-state index in [1.165, 1.54) is 11.8 Å².